The second kappa shape index (κ2) is 5.14. The molecule has 1 atom stereocenters. The number of benzene rings is 1. The Morgan fingerprint density at radius 3 is 3.00 bits per heavy atom. The van der Waals surface area contributed by atoms with E-state index in [1.54, 1.807) is 6.92 Å². The number of hydrogen-bond acceptors (Lipinski definition) is 2. The van der Waals surface area contributed by atoms with Gasteiger partial charge in [-0.15, -0.1) is 11.8 Å². The van der Waals surface area contributed by atoms with E-state index in [4.69, 9.17) is 4.74 Å². The van der Waals surface area contributed by atoms with E-state index < -0.39 is 11.4 Å². The van der Waals surface area contributed by atoms with Crippen molar-refractivity contribution in [3.8, 4) is 17.6 Å². The summed E-state index contributed by atoms with van der Waals surface area (Å²) in [5, 5.41) is 9.49. The summed E-state index contributed by atoms with van der Waals surface area (Å²) in [6.45, 7) is 1.99. The van der Waals surface area contributed by atoms with E-state index in [9.17, 15) is 9.90 Å². The second-order valence-electron chi connectivity index (χ2n) is 4.59. The summed E-state index contributed by atoms with van der Waals surface area (Å²) in [5.74, 6) is 5.73. The molecule has 0 amide bonds. The zero-order chi connectivity index (χ0) is 13.0. The predicted molar refractivity (Wildman–Crippen MR) is 68.4 cm³/mol. The normalized spacial score (nSPS) is 21.2. The molecule has 94 valence electrons. The molecular weight excluding hydrogens is 228 g/mol. The molecule has 3 heteroatoms. The highest BCUT2D eigenvalue weighted by molar-refractivity contribution is 5.76. The molecule has 2 rings (SSSR count). The first-order valence-electron chi connectivity index (χ1n) is 6.02. The average Bonchev–Trinajstić information content (AvgIpc) is 2.38. The SMILES string of the molecule is CC#CCCC1(C(=O)O)COc2ccccc2C1. The second-order valence-corrected chi connectivity index (χ2v) is 4.59. The Kier molecular flexibility index (Phi) is 3.57. The summed E-state index contributed by atoms with van der Waals surface area (Å²) in [6.07, 6.45) is 1.63. The van der Waals surface area contributed by atoms with Gasteiger partial charge in [-0.05, 0) is 31.4 Å². The highest BCUT2D eigenvalue weighted by Gasteiger charge is 2.42. The largest absolute Gasteiger partial charge is 0.492 e. The van der Waals surface area contributed by atoms with Crippen molar-refractivity contribution in [2.45, 2.75) is 26.2 Å². The van der Waals surface area contributed by atoms with Gasteiger partial charge in [-0.25, -0.2) is 0 Å². The van der Waals surface area contributed by atoms with Crippen LogP contribution in [0.2, 0.25) is 0 Å². The van der Waals surface area contributed by atoms with Gasteiger partial charge in [-0.1, -0.05) is 18.2 Å². The molecule has 1 heterocycles. The molecule has 0 fully saturated rings. The first-order valence-corrected chi connectivity index (χ1v) is 6.02. The van der Waals surface area contributed by atoms with Gasteiger partial charge in [0.05, 0.1) is 0 Å². The molecule has 0 bridgehead atoms. The van der Waals surface area contributed by atoms with Crippen molar-refractivity contribution in [1.29, 1.82) is 0 Å². The van der Waals surface area contributed by atoms with Crippen LogP contribution in [-0.4, -0.2) is 17.7 Å². The van der Waals surface area contributed by atoms with Gasteiger partial charge in [-0.3, -0.25) is 4.79 Å². The molecule has 1 aromatic carbocycles. The Hall–Kier alpha value is -1.95. The standard InChI is InChI=1S/C15H16O3/c1-2-3-6-9-15(14(16)17)10-12-7-4-5-8-13(12)18-11-15/h4-5,7-8H,6,9-11H2,1H3,(H,16,17). The summed E-state index contributed by atoms with van der Waals surface area (Å²) in [6, 6.07) is 7.62. The number of ether oxygens (including phenoxy) is 1. The first-order chi connectivity index (χ1) is 8.68. The van der Waals surface area contributed by atoms with E-state index in [-0.39, 0.29) is 6.61 Å². The Morgan fingerprint density at radius 2 is 2.28 bits per heavy atom. The number of carbonyl (C=O) groups is 1. The van der Waals surface area contributed by atoms with Crippen molar-refractivity contribution in [1.82, 2.24) is 0 Å². The van der Waals surface area contributed by atoms with Crippen LogP contribution >= 0.6 is 0 Å². The number of aliphatic carboxylic acids is 1. The lowest BCUT2D eigenvalue weighted by Gasteiger charge is -2.34. The van der Waals surface area contributed by atoms with E-state index in [1.807, 2.05) is 24.3 Å². The zero-order valence-electron chi connectivity index (χ0n) is 10.4. The summed E-state index contributed by atoms with van der Waals surface area (Å²) in [5.41, 5.74) is 0.133. The lowest BCUT2D eigenvalue weighted by molar-refractivity contribution is -0.152. The smallest absolute Gasteiger partial charge is 0.313 e. The monoisotopic (exact) mass is 244 g/mol. The van der Waals surface area contributed by atoms with Crippen molar-refractivity contribution < 1.29 is 14.6 Å². The third-order valence-corrected chi connectivity index (χ3v) is 3.36. The zero-order valence-corrected chi connectivity index (χ0v) is 10.4. The predicted octanol–water partition coefficient (Wildman–Crippen LogP) is 2.50. The summed E-state index contributed by atoms with van der Waals surface area (Å²) < 4.78 is 5.60. The van der Waals surface area contributed by atoms with Gasteiger partial charge in [0.15, 0.2) is 0 Å². The van der Waals surface area contributed by atoms with Crippen LogP contribution in [0.25, 0.3) is 0 Å². The fraction of sp³-hybridized carbons (Fsp3) is 0.400. The first kappa shape index (κ1) is 12.5. The minimum atomic E-state index is -0.835. The minimum absolute atomic E-state index is 0.227. The van der Waals surface area contributed by atoms with Gasteiger partial charge in [0.2, 0.25) is 0 Å². The lowest BCUT2D eigenvalue weighted by Crippen LogP contribution is -2.41. The van der Waals surface area contributed by atoms with Gasteiger partial charge >= 0.3 is 5.97 Å². The van der Waals surface area contributed by atoms with E-state index >= 15 is 0 Å². The molecule has 0 radical (unpaired) electrons. The molecule has 3 nitrogen and oxygen atoms in total. The lowest BCUT2D eigenvalue weighted by atomic mass is 9.77. The Balaban J connectivity index is 2.23. The van der Waals surface area contributed by atoms with Crippen LogP contribution in [0.3, 0.4) is 0 Å². The molecule has 18 heavy (non-hydrogen) atoms. The fourth-order valence-electron chi connectivity index (χ4n) is 2.25. The molecule has 1 aromatic rings. The highest BCUT2D eigenvalue weighted by Crippen LogP contribution is 2.37. The van der Waals surface area contributed by atoms with E-state index in [1.165, 1.54) is 0 Å². The number of hydrogen-bond donors (Lipinski definition) is 1. The number of fused-ring (bicyclic) bond motifs is 1. The third kappa shape index (κ3) is 2.33. The van der Waals surface area contributed by atoms with Crippen molar-refractivity contribution in [2.75, 3.05) is 6.61 Å². The van der Waals surface area contributed by atoms with Crippen molar-refractivity contribution in [2.24, 2.45) is 5.41 Å². The quantitative estimate of drug-likeness (QED) is 0.831. The van der Waals surface area contributed by atoms with Crippen LogP contribution in [0.15, 0.2) is 24.3 Å². The van der Waals surface area contributed by atoms with Crippen LogP contribution < -0.4 is 4.74 Å². The molecule has 1 aliphatic rings. The summed E-state index contributed by atoms with van der Waals surface area (Å²) in [7, 11) is 0. The molecular formula is C15H16O3. The highest BCUT2D eigenvalue weighted by atomic mass is 16.5. The minimum Gasteiger partial charge on any atom is -0.492 e. The van der Waals surface area contributed by atoms with Crippen molar-refractivity contribution in [3.63, 3.8) is 0 Å². The number of carboxylic acids is 1. The Bertz CT molecular complexity index is 510. The molecule has 0 aromatic heterocycles. The van der Waals surface area contributed by atoms with Gasteiger partial charge < -0.3 is 9.84 Å². The molecule has 0 spiro atoms. The van der Waals surface area contributed by atoms with Crippen molar-refractivity contribution >= 4 is 5.97 Å². The van der Waals surface area contributed by atoms with E-state index in [0.717, 1.165) is 11.3 Å². The molecule has 1 aliphatic heterocycles. The topological polar surface area (TPSA) is 46.5 Å². The van der Waals surface area contributed by atoms with Crippen LogP contribution in [0, 0.1) is 17.3 Å². The maximum atomic E-state index is 11.6. The third-order valence-electron chi connectivity index (χ3n) is 3.36. The Morgan fingerprint density at radius 1 is 1.50 bits per heavy atom. The molecule has 0 aliphatic carbocycles. The van der Waals surface area contributed by atoms with Crippen LogP contribution in [0.5, 0.6) is 5.75 Å². The number of para-hydroxylation sites is 1. The molecule has 0 saturated carbocycles. The van der Waals surface area contributed by atoms with Gasteiger partial charge in [0.1, 0.15) is 17.8 Å². The molecule has 0 saturated heterocycles. The van der Waals surface area contributed by atoms with Crippen molar-refractivity contribution in [3.05, 3.63) is 29.8 Å². The van der Waals surface area contributed by atoms with E-state index in [2.05, 4.69) is 11.8 Å². The number of rotatable bonds is 3. The fourth-order valence-corrected chi connectivity index (χ4v) is 2.25. The summed E-state index contributed by atoms with van der Waals surface area (Å²) >= 11 is 0. The van der Waals surface area contributed by atoms with Gasteiger partial charge in [-0.2, -0.15) is 0 Å². The van der Waals surface area contributed by atoms with Crippen LogP contribution in [-0.2, 0) is 11.2 Å². The van der Waals surface area contributed by atoms with Crippen LogP contribution in [0.1, 0.15) is 25.3 Å². The summed E-state index contributed by atoms with van der Waals surface area (Å²) in [4.78, 5) is 11.6. The van der Waals surface area contributed by atoms with Gasteiger partial charge in [0.25, 0.3) is 0 Å². The Labute approximate surface area is 107 Å². The average molecular weight is 244 g/mol. The maximum absolute atomic E-state index is 11.6. The molecule has 1 unspecified atom stereocenters. The van der Waals surface area contributed by atoms with E-state index in [0.29, 0.717) is 19.3 Å². The maximum Gasteiger partial charge on any atom is 0.313 e. The molecule has 1 N–H and O–H groups in total. The van der Waals surface area contributed by atoms with Gasteiger partial charge in [0, 0.05) is 6.42 Å². The number of carboxylic acid groups (broad SMARTS) is 1. The van der Waals surface area contributed by atoms with Crippen LogP contribution in [0.4, 0.5) is 0 Å².